The summed E-state index contributed by atoms with van der Waals surface area (Å²) in [6, 6.07) is 8.23. The largest absolute Gasteiger partial charge is 0.338 e. The number of hydrogen-bond donors (Lipinski definition) is 2. The predicted molar refractivity (Wildman–Crippen MR) is 57.0 cm³/mol. The lowest BCUT2D eigenvalue weighted by molar-refractivity contribution is 0.382. The van der Waals surface area contributed by atoms with Gasteiger partial charge in [0.05, 0.1) is 0 Å². The molecule has 15 heavy (non-hydrogen) atoms. The zero-order chi connectivity index (χ0) is 10.7. The SMILES string of the molecule is N#CNC(=N)N1CCc2ccccc2C1. The number of nitriles is 1. The molecule has 0 radical (unpaired) electrons. The van der Waals surface area contributed by atoms with Gasteiger partial charge >= 0.3 is 0 Å². The summed E-state index contributed by atoms with van der Waals surface area (Å²) in [6.45, 7) is 1.51. The quantitative estimate of drug-likeness (QED) is 0.285. The summed E-state index contributed by atoms with van der Waals surface area (Å²) < 4.78 is 0. The minimum atomic E-state index is 0.187. The molecule has 0 aliphatic carbocycles. The Kier molecular flexibility index (Phi) is 2.55. The number of rotatable bonds is 0. The summed E-state index contributed by atoms with van der Waals surface area (Å²) in [5.41, 5.74) is 2.59. The Labute approximate surface area is 88.6 Å². The van der Waals surface area contributed by atoms with Gasteiger partial charge in [0, 0.05) is 13.1 Å². The monoisotopic (exact) mass is 200 g/mol. The topological polar surface area (TPSA) is 62.9 Å². The lowest BCUT2D eigenvalue weighted by Crippen LogP contribution is -2.41. The van der Waals surface area contributed by atoms with Gasteiger partial charge in [0.2, 0.25) is 5.96 Å². The maximum atomic E-state index is 8.43. The second-order valence-corrected chi connectivity index (χ2v) is 3.53. The molecule has 0 saturated carbocycles. The molecule has 0 spiro atoms. The van der Waals surface area contributed by atoms with E-state index in [0.29, 0.717) is 6.54 Å². The van der Waals surface area contributed by atoms with Crippen LogP contribution in [-0.2, 0) is 13.0 Å². The third-order valence-corrected chi connectivity index (χ3v) is 2.62. The number of hydrogen-bond acceptors (Lipinski definition) is 2. The molecule has 1 aliphatic rings. The van der Waals surface area contributed by atoms with Crippen LogP contribution in [0.15, 0.2) is 24.3 Å². The Morgan fingerprint density at radius 3 is 2.87 bits per heavy atom. The highest BCUT2D eigenvalue weighted by Crippen LogP contribution is 2.17. The first-order chi connectivity index (χ1) is 7.31. The lowest BCUT2D eigenvalue weighted by Gasteiger charge is -2.29. The number of guanidine groups is 1. The summed E-state index contributed by atoms with van der Waals surface area (Å²) in [7, 11) is 0. The Hall–Kier alpha value is -2.02. The van der Waals surface area contributed by atoms with Gasteiger partial charge in [0.25, 0.3) is 0 Å². The molecule has 1 heterocycles. The normalized spacial score (nSPS) is 13.9. The van der Waals surface area contributed by atoms with Crippen LogP contribution in [0.4, 0.5) is 0 Å². The molecule has 2 N–H and O–H groups in total. The molecule has 1 aromatic carbocycles. The standard InChI is InChI=1S/C11H12N4/c12-8-14-11(13)15-6-5-9-3-1-2-4-10(9)7-15/h1-4H,5-7H2,(H2,13,14). The van der Waals surface area contributed by atoms with E-state index in [1.54, 1.807) is 6.19 Å². The van der Waals surface area contributed by atoms with Gasteiger partial charge in [0.1, 0.15) is 0 Å². The summed E-state index contributed by atoms with van der Waals surface area (Å²) in [5.74, 6) is 0.187. The van der Waals surface area contributed by atoms with E-state index in [1.807, 2.05) is 17.0 Å². The van der Waals surface area contributed by atoms with Crippen LogP contribution in [0.25, 0.3) is 0 Å². The highest BCUT2D eigenvalue weighted by atomic mass is 15.3. The van der Waals surface area contributed by atoms with Crippen LogP contribution >= 0.6 is 0 Å². The van der Waals surface area contributed by atoms with Gasteiger partial charge in [-0.15, -0.1) is 0 Å². The smallest absolute Gasteiger partial charge is 0.204 e. The number of nitrogens with zero attached hydrogens (tertiary/aromatic N) is 2. The molecule has 0 unspecified atom stereocenters. The molecule has 1 aliphatic heterocycles. The molecule has 0 amide bonds. The second-order valence-electron chi connectivity index (χ2n) is 3.53. The molecule has 0 saturated heterocycles. The summed E-state index contributed by atoms with van der Waals surface area (Å²) >= 11 is 0. The molecule has 0 aromatic heterocycles. The molecular formula is C11H12N4. The minimum Gasteiger partial charge on any atom is -0.338 e. The molecule has 4 heteroatoms. The molecule has 1 aromatic rings. The van der Waals surface area contributed by atoms with Gasteiger partial charge in [-0.2, -0.15) is 5.26 Å². The van der Waals surface area contributed by atoms with Crippen LogP contribution in [0.5, 0.6) is 0 Å². The fraction of sp³-hybridized carbons (Fsp3) is 0.273. The minimum absolute atomic E-state index is 0.187. The maximum absolute atomic E-state index is 8.43. The van der Waals surface area contributed by atoms with Gasteiger partial charge in [-0.1, -0.05) is 24.3 Å². The van der Waals surface area contributed by atoms with Crippen molar-refractivity contribution in [2.45, 2.75) is 13.0 Å². The molecule has 76 valence electrons. The van der Waals surface area contributed by atoms with E-state index >= 15 is 0 Å². The zero-order valence-corrected chi connectivity index (χ0v) is 8.33. The van der Waals surface area contributed by atoms with Crippen LogP contribution in [0.1, 0.15) is 11.1 Å². The van der Waals surface area contributed by atoms with Crippen molar-refractivity contribution in [3.63, 3.8) is 0 Å². The summed E-state index contributed by atoms with van der Waals surface area (Å²) in [6.07, 6.45) is 2.71. The van der Waals surface area contributed by atoms with E-state index in [2.05, 4.69) is 17.4 Å². The van der Waals surface area contributed by atoms with Crippen molar-refractivity contribution in [1.29, 1.82) is 10.7 Å². The molecule has 4 nitrogen and oxygen atoms in total. The van der Waals surface area contributed by atoms with Crippen molar-refractivity contribution in [3.05, 3.63) is 35.4 Å². The fourth-order valence-corrected chi connectivity index (χ4v) is 1.82. The molecular weight excluding hydrogens is 188 g/mol. The van der Waals surface area contributed by atoms with Crippen LogP contribution < -0.4 is 5.32 Å². The average Bonchev–Trinajstić information content (AvgIpc) is 2.29. The van der Waals surface area contributed by atoms with Crippen molar-refractivity contribution in [2.75, 3.05) is 6.54 Å². The zero-order valence-electron chi connectivity index (χ0n) is 8.33. The van der Waals surface area contributed by atoms with Crippen LogP contribution in [0.2, 0.25) is 0 Å². The van der Waals surface area contributed by atoms with Gasteiger partial charge in [0.15, 0.2) is 6.19 Å². The molecule has 0 atom stereocenters. The summed E-state index contributed by atoms with van der Waals surface area (Å²) in [4.78, 5) is 1.87. The Morgan fingerprint density at radius 1 is 1.40 bits per heavy atom. The van der Waals surface area contributed by atoms with Crippen molar-refractivity contribution in [1.82, 2.24) is 10.2 Å². The van der Waals surface area contributed by atoms with E-state index in [0.717, 1.165) is 13.0 Å². The second kappa shape index (κ2) is 4.01. The molecule has 0 bridgehead atoms. The number of nitrogens with one attached hydrogen (secondary N) is 2. The van der Waals surface area contributed by atoms with E-state index < -0.39 is 0 Å². The van der Waals surface area contributed by atoms with Gasteiger partial charge in [-0.25, -0.2) is 0 Å². The number of benzene rings is 1. The maximum Gasteiger partial charge on any atom is 0.204 e. The van der Waals surface area contributed by atoms with Crippen molar-refractivity contribution in [3.8, 4) is 6.19 Å². The third-order valence-electron chi connectivity index (χ3n) is 2.62. The van der Waals surface area contributed by atoms with Gasteiger partial charge < -0.3 is 4.90 Å². The summed E-state index contributed by atoms with van der Waals surface area (Å²) in [5, 5.41) is 18.4. The van der Waals surface area contributed by atoms with Crippen LogP contribution in [-0.4, -0.2) is 17.4 Å². The van der Waals surface area contributed by atoms with E-state index in [9.17, 15) is 0 Å². The average molecular weight is 200 g/mol. The highest BCUT2D eigenvalue weighted by molar-refractivity contribution is 5.78. The Morgan fingerprint density at radius 2 is 2.13 bits per heavy atom. The van der Waals surface area contributed by atoms with Gasteiger partial charge in [-0.3, -0.25) is 10.7 Å². The Bertz CT molecular complexity index is 419. The van der Waals surface area contributed by atoms with E-state index in [1.165, 1.54) is 11.1 Å². The van der Waals surface area contributed by atoms with Crippen molar-refractivity contribution >= 4 is 5.96 Å². The van der Waals surface area contributed by atoms with Gasteiger partial charge in [-0.05, 0) is 17.5 Å². The van der Waals surface area contributed by atoms with Crippen molar-refractivity contribution in [2.24, 2.45) is 0 Å². The van der Waals surface area contributed by atoms with Crippen molar-refractivity contribution < 1.29 is 0 Å². The van der Waals surface area contributed by atoms with Crippen LogP contribution in [0.3, 0.4) is 0 Å². The number of fused-ring (bicyclic) bond motifs is 1. The first-order valence-corrected chi connectivity index (χ1v) is 4.86. The highest BCUT2D eigenvalue weighted by Gasteiger charge is 2.17. The predicted octanol–water partition coefficient (Wildman–Crippen LogP) is 1.05. The molecule has 0 fully saturated rings. The Balaban J connectivity index is 2.12. The first kappa shape index (κ1) is 9.53. The molecule has 2 rings (SSSR count). The van der Waals surface area contributed by atoms with E-state index in [4.69, 9.17) is 10.7 Å². The third kappa shape index (κ3) is 1.91. The lowest BCUT2D eigenvalue weighted by atomic mass is 10.0. The van der Waals surface area contributed by atoms with Crippen LogP contribution in [0, 0.1) is 16.9 Å². The fourth-order valence-electron chi connectivity index (χ4n) is 1.82. The first-order valence-electron chi connectivity index (χ1n) is 4.86. The van der Waals surface area contributed by atoms with E-state index in [-0.39, 0.29) is 5.96 Å².